The minimum atomic E-state index is -4.79. The molecule has 0 saturated heterocycles. The molecule has 2 aromatic carbocycles. The Hall–Kier alpha value is -2.06. The largest absolute Gasteiger partial charge is 0.573 e. The SMILES string of the molecule is Cc1cccc(S(=O)(=O)NCc2cccc(OC(F)(F)F)c2)c1. The molecule has 2 rings (SSSR count). The van der Waals surface area contributed by atoms with Crippen molar-refractivity contribution >= 4 is 10.0 Å². The third-order valence-corrected chi connectivity index (χ3v) is 4.30. The molecule has 0 atom stereocenters. The van der Waals surface area contributed by atoms with Gasteiger partial charge in [0.05, 0.1) is 4.90 Å². The summed E-state index contributed by atoms with van der Waals surface area (Å²) < 4.78 is 67.0. The number of rotatable bonds is 5. The van der Waals surface area contributed by atoms with E-state index in [1.165, 1.54) is 24.3 Å². The predicted octanol–water partition coefficient (Wildman–Crippen LogP) is 3.37. The van der Waals surface area contributed by atoms with Gasteiger partial charge in [0.1, 0.15) is 5.75 Å². The van der Waals surface area contributed by atoms with Crippen LogP contribution < -0.4 is 9.46 Å². The van der Waals surface area contributed by atoms with Gasteiger partial charge in [0, 0.05) is 6.54 Å². The van der Waals surface area contributed by atoms with Crippen LogP contribution in [0.2, 0.25) is 0 Å². The highest BCUT2D eigenvalue weighted by molar-refractivity contribution is 7.89. The average Bonchev–Trinajstić information content (AvgIpc) is 2.44. The van der Waals surface area contributed by atoms with Gasteiger partial charge >= 0.3 is 6.36 Å². The molecule has 0 aliphatic rings. The van der Waals surface area contributed by atoms with Gasteiger partial charge in [-0.1, -0.05) is 24.3 Å². The average molecular weight is 345 g/mol. The summed E-state index contributed by atoms with van der Waals surface area (Å²) in [4.78, 5) is 0.0974. The molecule has 0 radical (unpaired) electrons. The lowest BCUT2D eigenvalue weighted by atomic mass is 10.2. The van der Waals surface area contributed by atoms with Crippen LogP contribution in [0.1, 0.15) is 11.1 Å². The number of alkyl halides is 3. The molecule has 1 N–H and O–H groups in total. The zero-order valence-electron chi connectivity index (χ0n) is 12.1. The first-order valence-electron chi connectivity index (χ1n) is 6.57. The van der Waals surface area contributed by atoms with E-state index in [4.69, 9.17) is 0 Å². The van der Waals surface area contributed by atoms with Crippen LogP contribution in [0, 0.1) is 6.92 Å². The maximum Gasteiger partial charge on any atom is 0.573 e. The molecular weight excluding hydrogens is 331 g/mol. The lowest BCUT2D eigenvalue weighted by Gasteiger charge is -2.11. The molecule has 8 heteroatoms. The van der Waals surface area contributed by atoms with Crippen LogP contribution in [0.5, 0.6) is 5.75 Å². The Bertz CT molecular complexity index is 789. The first-order chi connectivity index (χ1) is 10.7. The molecule has 0 bridgehead atoms. The summed E-state index contributed by atoms with van der Waals surface area (Å²) in [7, 11) is -3.74. The fourth-order valence-corrected chi connectivity index (χ4v) is 3.02. The van der Waals surface area contributed by atoms with Crippen molar-refractivity contribution in [1.29, 1.82) is 0 Å². The van der Waals surface area contributed by atoms with Crippen molar-refractivity contribution in [1.82, 2.24) is 4.72 Å². The van der Waals surface area contributed by atoms with Crippen LogP contribution in [0.25, 0.3) is 0 Å². The van der Waals surface area contributed by atoms with Crippen molar-refractivity contribution in [2.75, 3.05) is 0 Å². The number of ether oxygens (including phenoxy) is 1. The molecule has 0 aliphatic heterocycles. The van der Waals surface area contributed by atoms with E-state index in [2.05, 4.69) is 9.46 Å². The summed E-state index contributed by atoms with van der Waals surface area (Å²) in [5.74, 6) is -0.398. The molecule has 0 aromatic heterocycles. The van der Waals surface area contributed by atoms with Gasteiger partial charge in [-0.15, -0.1) is 13.2 Å². The van der Waals surface area contributed by atoms with Crippen molar-refractivity contribution in [3.8, 4) is 5.75 Å². The monoisotopic (exact) mass is 345 g/mol. The third kappa shape index (κ3) is 5.26. The van der Waals surface area contributed by atoms with Crippen molar-refractivity contribution in [2.24, 2.45) is 0 Å². The molecule has 0 heterocycles. The summed E-state index contributed by atoms with van der Waals surface area (Å²) in [6.45, 7) is 1.61. The minimum Gasteiger partial charge on any atom is -0.406 e. The first-order valence-corrected chi connectivity index (χ1v) is 8.05. The van der Waals surface area contributed by atoms with Gasteiger partial charge in [-0.05, 0) is 42.3 Å². The Morgan fingerprint density at radius 2 is 1.78 bits per heavy atom. The molecule has 2 aromatic rings. The Morgan fingerprint density at radius 1 is 1.09 bits per heavy atom. The van der Waals surface area contributed by atoms with Gasteiger partial charge in [0.25, 0.3) is 0 Å². The Labute approximate surface area is 132 Å². The second kappa shape index (κ2) is 6.59. The smallest absolute Gasteiger partial charge is 0.406 e. The summed E-state index contributed by atoms with van der Waals surface area (Å²) in [5.41, 5.74) is 1.14. The van der Waals surface area contributed by atoms with Crippen molar-refractivity contribution in [3.63, 3.8) is 0 Å². The Kier molecular flexibility index (Phi) is 4.96. The summed E-state index contributed by atoms with van der Waals surface area (Å²) in [6.07, 6.45) is -4.79. The molecule has 0 unspecified atom stereocenters. The van der Waals surface area contributed by atoms with E-state index in [0.717, 1.165) is 17.7 Å². The summed E-state index contributed by atoms with van der Waals surface area (Å²) >= 11 is 0. The van der Waals surface area contributed by atoms with Crippen LogP contribution in [0.3, 0.4) is 0 Å². The normalized spacial score (nSPS) is 12.2. The zero-order chi connectivity index (χ0) is 17.1. The molecule has 0 aliphatic carbocycles. The van der Waals surface area contributed by atoms with Gasteiger partial charge in [-0.25, -0.2) is 13.1 Å². The maximum absolute atomic E-state index is 12.2. The fraction of sp³-hybridized carbons (Fsp3) is 0.200. The molecular formula is C15H14F3NO3S. The van der Waals surface area contributed by atoms with Crippen molar-refractivity contribution in [3.05, 3.63) is 59.7 Å². The second-order valence-electron chi connectivity index (χ2n) is 4.84. The highest BCUT2D eigenvalue weighted by Gasteiger charge is 2.31. The number of hydrogen-bond donors (Lipinski definition) is 1. The number of sulfonamides is 1. The van der Waals surface area contributed by atoms with Crippen LogP contribution in [0.15, 0.2) is 53.4 Å². The number of hydrogen-bond acceptors (Lipinski definition) is 3. The molecule has 0 spiro atoms. The molecule has 0 saturated carbocycles. The Balaban J connectivity index is 2.10. The number of benzene rings is 2. The predicted molar refractivity (Wildman–Crippen MR) is 78.3 cm³/mol. The highest BCUT2D eigenvalue weighted by Crippen LogP contribution is 2.23. The second-order valence-corrected chi connectivity index (χ2v) is 6.60. The van der Waals surface area contributed by atoms with Crippen LogP contribution >= 0.6 is 0 Å². The molecule has 4 nitrogen and oxygen atoms in total. The lowest BCUT2D eigenvalue weighted by Crippen LogP contribution is -2.23. The van der Waals surface area contributed by atoms with E-state index < -0.39 is 22.1 Å². The van der Waals surface area contributed by atoms with Crippen LogP contribution in [-0.2, 0) is 16.6 Å². The molecule has 124 valence electrons. The van der Waals surface area contributed by atoms with Crippen LogP contribution in [-0.4, -0.2) is 14.8 Å². The topological polar surface area (TPSA) is 55.4 Å². The molecule has 23 heavy (non-hydrogen) atoms. The Morgan fingerprint density at radius 3 is 2.43 bits per heavy atom. The maximum atomic E-state index is 12.2. The van der Waals surface area contributed by atoms with Gasteiger partial charge in [0.15, 0.2) is 0 Å². The van der Waals surface area contributed by atoms with Crippen molar-refractivity contribution in [2.45, 2.75) is 24.7 Å². The third-order valence-electron chi connectivity index (χ3n) is 2.90. The lowest BCUT2D eigenvalue weighted by molar-refractivity contribution is -0.274. The van der Waals surface area contributed by atoms with E-state index in [1.54, 1.807) is 19.1 Å². The van der Waals surface area contributed by atoms with E-state index in [-0.39, 0.29) is 11.4 Å². The number of aryl methyl sites for hydroxylation is 1. The van der Waals surface area contributed by atoms with Crippen molar-refractivity contribution < 1.29 is 26.3 Å². The highest BCUT2D eigenvalue weighted by atomic mass is 32.2. The van der Waals surface area contributed by atoms with Gasteiger partial charge in [-0.3, -0.25) is 0 Å². The quantitative estimate of drug-likeness (QED) is 0.904. The van der Waals surface area contributed by atoms with E-state index in [1.807, 2.05) is 0 Å². The van der Waals surface area contributed by atoms with Crippen LogP contribution in [0.4, 0.5) is 13.2 Å². The van der Waals surface area contributed by atoms with E-state index in [0.29, 0.717) is 5.56 Å². The number of nitrogens with one attached hydrogen (secondary N) is 1. The van der Waals surface area contributed by atoms with Gasteiger partial charge < -0.3 is 4.74 Å². The summed E-state index contributed by atoms with van der Waals surface area (Å²) in [5, 5.41) is 0. The minimum absolute atomic E-state index is 0.0974. The zero-order valence-corrected chi connectivity index (χ0v) is 12.9. The van der Waals surface area contributed by atoms with E-state index >= 15 is 0 Å². The standard InChI is InChI=1S/C15H14F3NO3S/c1-11-4-2-7-14(8-11)23(20,21)19-10-12-5-3-6-13(9-12)22-15(16,17)18/h2-9,19H,10H2,1H3. The van der Waals surface area contributed by atoms with Gasteiger partial charge in [-0.2, -0.15) is 0 Å². The molecule has 0 amide bonds. The fourth-order valence-electron chi connectivity index (χ4n) is 1.90. The molecule has 0 fully saturated rings. The summed E-state index contributed by atoms with van der Waals surface area (Å²) in [6, 6.07) is 11.5. The number of halogens is 3. The van der Waals surface area contributed by atoms with E-state index in [9.17, 15) is 21.6 Å². The van der Waals surface area contributed by atoms with Gasteiger partial charge in [0.2, 0.25) is 10.0 Å². The first kappa shape index (κ1) is 17.3.